The number of fused-ring (bicyclic) bond motifs is 1. The van der Waals surface area contributed by atoms with Crippen molar-refractivity contribution in [3.8, 4) is 11.5 Å². The van der Waals surface area contributed by atoms with Crippen molar-refractivity contribution in [1.82, 2.24) is 0 Å². The molecule has 0 aliphatic carbocycles. The molecular weight excluding hydrogens is 334 g/mol. The first kappa shape index (κ1) is 17.4. The summed E-state index contributed by atoms with van der Waals surface area (Å²) in [7, 11) is 0. The van der Waals surface area contributed by atoms with Gasteiger partial charge in [-0.05, 0) is 68.9 Å². The summed E-state index contributed by atoms with van der Waals surface area (Å²) in [6.45, 7) is 8.66. The number of ether oxygens (including phenoxy) is 2. The van der Waals surface area contributed by atoms with Crippen LogP contribution in [0.2, 0.25) is 0 Å². The average Bonchev–Trinajstić information content (AvgIpc) is 3.06. The molecule has 1 aliphatic rings. The molecule has 3 rings (SSSR count). The maximum Gasteiger partial charge on any atom is 0.231 e. The van der Waals surface area contributed by atoms with Gasteiger partial charge in [0.1, 0.15) is 0 Å². The molecule has 0 saturated carbocycles. The predicted octanol–water partition coefficient (Wildman–Crippen LogP) is 4.38. The predicted molar refractivity (Wildman–Crippen MR) is 107 cm³/mol. The van der Waals surface area contributed by atoms with Crippen LogP contribution in [0.5, 0.6) is 11.5 Å². The lowest BCUT2D eigenvalue weighted by Crippen LogP contribution is -2.22. The van der Waals surface area contributed by atoms with E-state index in [2.05, 4.69) is 54.5 Å². The second kappa shape index (κ2) is 7.61. The molecule has 132 valence electrons. The van der Waals surface area contributed by atoms with Crippen LogP contribution in [0.3, 0.4) is 0 Å². The molecule has 0 aromatic heterocycles. The average molecular weight is 357 g/mol. The second-order valence-electron chi connectivity index (χ2n) is 5.82. The van der Waals surface area contributed by atoms with E-state index >= 15 is 0 Å². The number of rotatable bonds is 5. The number of nitrogens with zero attached hydrogens (tertiary/aromatic N) is 1. The van der Waals surface area contributed by atoms with E-state index in [0.717, 1.165) is 41.5 Å². The lowest BCUT2D eigenvalue weighted by molar-refractivity contribution is 0.174. The fourth-order valence-corrected chi connectivity index (χ4v) is 3.06. The fraction of sp³-hybridized carbons (Fsp3) is 0.316. The van der Waals surface area contributed by atoms with Gasteiger partial charge in [-0.25, -0.2) is 0 Å². The van der Waals surface area contributed by atoms with Crippen molar-refractivity contribution in [2.45, 2.75) is 20.8 Å². The Bertz CT molecular complexity index is 775. The molecular formula is C19H23N3O2S. The molecule has 25 heavy (non-hydrogen) atoms. The van der Waals surface area contributed by atoms with Gasteiger partial charge in [0.05, 0.1) is 0 Å². The number of hydrogen-bond acceptors (Lipinski definition) is 4. The minimum atomic E-state index is 0.263. The van der Waals surface area contributed by atoms with E-state index in [9.17, 15) is 0 Å². The molecule has 2 N–H and O–H groups in total. The van der Waals surface area contributed by atoms with Gasteiger partial charge in [-0.2, -0.15) is 0 Å². The van der Waals surface area contributed by atoms with Gasteiger partial charge >= 0.3 is 0 Å². The zero-order valence-corrected chi connectivity index (χ0v) is 15.6. The highest BCUT2D eigenvalue weighted by atomic mass is 32.1. The lowest BCUT2D eigenvalue weighted by Gasteiger charge is -2.22. The zero-order chi connectivity index (χ0) is 17.8. The van der Waals surface area contributed by atoms with E-state index in [0.29, 0.717) is 5.11 Å². The van der Waals surface area contributed by atoms with Gasteiger partial charge in [-0.1, -0.05) is 0 Å². The van der Waals surface area contributed by atoms with E-state index < -0.39 is 0 Å². The first-order chi connectivity index (χ1) is 12.1. The van der Waals surface area contributed by atoms with Crippen LogP contribution in [0.25, 0.3) is 0 Å². The van der Waals surface area contributed by atoms with Gasteiger partial charge < -0.3 is 25.0 Å². The molecule has 0 amide bonds. The summed E-state index contributed by atoms with van der Waals surface area (Å²) >= 11 is 5.43. The molecule has 0 unspecified atom stereocenters. The Balaban J connectivity index is 1.66. The van der Waals surface area contributed by atoms with Crippen LogP contribution < -0.4 is 25.0 Å². The minimum Gasteiger partial charge on any atom is -0.454 e. The molecule has 0 fully saturated rings. The summed E-state index contributed by atoms with van der Waals surface area (Å²) in [6.07, 6.45) is 0. The smallest absolute Gasteiger partial charge is 0.231 e. The van der Waals surface area contributed by atoms with E-state index in [-0.39, 0.29) is 6.79 Å². The lowest BCUT2D eigenvalue weighted by atomic mass is 10.1. The number of aryl methyl sites for hydroxylation is 1. The highest BCUT2D eigenvalue weighted by Gasteiger charge is 2.13. The standard InChI is InChI=1S/C19H23N3O2S/c1-4-22(5-2)15-7-8-16(13(3)10-15)21-19(25)20-14-6-9-17-18(11-14)24-12-23-17/h6-11H,4-5,12H2,1-3H3,(H2,20,21,25). The van der Waals surface area contributed by atoms with Crippen molar-refractivity contribution in [3.63, 3.8) is 0 Å². The Labute approximate surface area is 153 Å². The van der Waals surface area contributed by atoms with Crippen LogP contribution in [0.1, 0.15) is 19.4 Å². The molecule has 1 aliphatic heterocycles. The SMILES string of the molecule is CCN(CC)c1ccc(NC(=S)Nc2ccc3c(c2)OCO3)c(C)c1. The van der Waals surface area contributed by atoms with Gasteiger partial charge in [0.25, 0.3) is 0 Å². The Hall–Kier alpha value is -2.47. The Morgan fingerprint density at radius 1 is 1.04 bits per heavy atom. The molecule has 0 radical (unpaired) electrons. The van der Waals surface area contributed by atoms with Gasteiger partial charge in [-0.3, -0.25) is 0 Å². The topological polar surface area (TPSA) is 45.8 Å². The van der Waals surface area contributed by atoms with Crippen LogP contribution >= 0.6 is 12.2 Å². The molecule has 1 heterocycles. The Kier molecular flexibility index (Phi) is 5.28. The third-order valence-electron chi connectivity index (χ3n) is 4.22. The molecule has 0 atom stereocenters. The van der Waals surface area contributed by atoms with E-state index in [4.69, 9.17) is 21.7 Å². The number of anilines is 3. The third kappa shape index (κ3) is 3.96. The van der Waals surface area contributed by atoms with E-state index in [1.54, 1.807) is 0 Å². The summed E-state index contributed by atoms with van der Waals surface area (Å²) in [6, 6.07) is 12.0. The number of benzene rings is 2. The quantitative estimate of drug-likeness (QED) is 0.775. The molecule has 2 aromatic rings. The van der Waals surface area contributed by atoms with Crippen LogP contribution in [-0.4, -0.2) is 25.0 Å². The van der Waals surface area contributed by atoms with Gasteiger partial charge in [0.2, 0.25) is 6.79 Å². The van der Waals surface area contributed by atoms with Crippen molar-refractivity contribution in [2.75, 3.05) is 35.4 Å². The summed E-state index contributed by atoms with van der Waals surface area (Å²) in [4.78, 5) is 2.32. The van der Waals surface area contributed by atoms with Crippen LogP contribution in [0, 0.1) is 6.92 Å². The summed E-state index contributed by atoms with van der Waals surface area (Å²) in [5.74, 6) is 1.49. The highest BCUT2D eigenvalue weighted by Crippen LogP contribution is 2.34. The number of hydrogen-bond donors (Lipinski definition) is 2. The van der Waals surface area contributed by atoms with Crippen LogP contribution in [-0.2, 0) is 0 Å². The highest BCUT2D eigenvalue weighted by molar-refractivity contribution is 7.80. The summed E-state index contributed by atoms with van der Waals surface area (Å²) in [5, 5.41) is 6.98. The first-order valence-electron chi connectivity index (χ1n) is 8.44. The van der Waals surface area contributed by atoms with Gasteiger partial charge in [0.15, 0.2) is 16.6 Å². The van der Waals surface area contributed by atoms with E-state index in [1.807, 2.05) is 18.2 Å². The normalized spacial score (nSPS) is 12.0. The molecule has 5 nitrogen and oxygen atoms in total. The third-order valence-corrected chi connectivity index (χ3v) is 4.42. The second-order valence-corrected chi connectivity index (χ2v) is 6.23. The Morgan fingerprint density at radius 2 is 1.80 bits per heavy atom. The Morgan fingerprint density at radius 3 is 2.52 bits per heavy atom. The summed E-state index contributed by atoms with van der Waals surface area (Å²) < 4.78 is 10.7. The largest absolute Gasteiger partial charge is 0.454 e. The monoisotopic (exact) mass is 357 g/mol. The van der Waals surface area contributed by atoms with Gasteiger partial charge in [-0.15, -0.1) is 0 Å². The first-order valence-corrected chi connectivity index (χ1v) is 8.84. The summed E-state index contributed by atoms with van der Waals surface area (Å²) in [5.41, 5.74) is 4.23. The molecule has 0 saturated heterocycles. The van der Waals surface area contributed by atoms with Crippen molar-refractivity contribution in [2.24, 2.45) is 0 Å². The molecule has 0 spiro atoms. The molecule has 0 bridgehead atoms. The number of thiocarbonyl (C=S) groups is 1. The number of nitrogens with one attached hydrogen (secondary N) is 2. The maximum absolute atomic E-state index is 5.43. The maximum atomic E-state index is 5.43. The van der Waals surface area contributed by atoms with Gasteiger partial charge in [0, 0.05) is 36.2 Å². The van der Waals surface area contributed by atoms with Crippen LogP contribution in [0.15, 0.2) is 36.4 Å². The van der Waals surface area contributed by atoms with E-state index in [1.165, 1.54) is 5.69 Å². The van der Waals surface area contributed by atoms with Crippen molar-refractivity contribution >= 4 is 34.4 Å². The van der Waals surface area contributed by atoms with Crippen molar-refractivity contribution < 1.29 is 9.47 Å². The van der Waals surface area contributed by atoms with Crippen molar-refractivity contribution in [1.29, 1.82) is 0 Å². The van der Waals surface area contributed by atoms with Crippen molar-refractivity contribution in [3.05, 3.63) is 42.0 Å². The minimum absolute atomic E-state index is 0.263. The van der Waals surface area contributed by atoms with Crippen LogP contribution in [0.4, 0.5) is 17.1 Å². The fourth-order valence-electron chi connectivity index (χ4n) is 2.83. The zero-order valence-electron chi connectivity index (χ0n) is 14.8. The molecule has 6 heteroatoms. The molecule has 2 aromatic carbocycles.